The van der Waals surface area contributed by atoms with E-state index >= 15 is 0 Å². The smallest absolute Gasteiger partial charge is 0.0900 e. The van der Waals surface area contributed by atoms with Gasteiger partial charge >= 0.3 is 0 Å². The summed E-state index contributed by atoms with van der Waals surface area (Å²) in [6.45, 7) is 7.04. The van der Waals surface area contributed by atoms with E-state index in [4.69, 9.17) is 4.74 Å². The van der Waals surface area contributed by atoms with Crippen molar-refractivity contribution in [1.82, 2.24) is 4.90 Å². The molecule has 0 radical (unpaired) electrons. The van der Waals surface area contributed by atoms with E-state index in [0.29, 0.717) is 25.8 Å². The summed E-state index contributed by atoms with van der Waals surface area (Å²) in [5.41, 5.74) is 4.02. The molecule has 2 atom stereocenters. The van der Waals surface area contributed by atoms with Gasteiger partial charge in [0.25, 0.3) is 0 Å². The van der Waals surface area contributed by atoms with Crippen LogP contribution in [-0.4, -0.2) is 35.8 Å². The van der Waals surface area contributed by atoms with Crippen LogP contribution in [0.3, 0.4) is 0 Å². The molecular weight excluding hydrogens is 318 g/mol. The highest BCUT2D eigenvalue weighted by Gasteiger charge is 2.27. The molecule has 1 aliphatic rings. The zero-order valence-electron chi connectivity index (χ0n) is 14.6. The molecule has 0 spiro atoms. The lowest BCUT2D eigenvalue weighted by atomic mass is 9.99. The number of benzene rings is 1. The van der Waals surface area contributed by atoms with E-state index in [0.717, 1.165) is 6.54 Å². The fourth-order valence-electron chi connectivity index (χ4n) is 3.64. The first kappa shape index (κ1) is 17.6. The van der Waals surface area contributed by atoms with Crippen molar-refractivity contribution in [3.8, 4) is 0 Å². The molecule has 3 rings (SSSR count). The average Bonchev–Trinajstić information content (AvgIpc) is 3.17. The lowest BCUT2D eigenvalue weighted by Gasteiger charge is -2.27. The summed E-state index contributed by atoms with van der Waals surface area (Å²) in [5.74, 6) is 0. The maximum Gasteiger partial charge on any atom is 0.0900 e. The Kier molecular flexibility index (Phi) is 6.06. The molecule has 24 heavy (non-hydrogen) atoms. The van der Waals surface area contributed by atoms with Crippen LogP contribution in [0.1, 0.15) is 40.5 Å². The van der Waals surface area contributed by atoms with Gasteiger partial charge in [-0.2, -0.15) is 0 Å². The molecule has 3 nitrogen and oxygen atoms in total. The molecule has 0 saturated carbocycles. The molecule has 1 fully saturated rings. The van der Waals surface area contributed by atoms with Crippen LogP contribution >= 0.6 is 11.3 Å². The van der Waals surface area contributed by atoms with Crippen LogP contribution < -0.4 is 0 Å². The van der Waals surface area contributed by atoms with E-state index in [-0.39, 0.29) is 0 Å². The summed E-state index contributed by atoms with van der Waals surface area (Å²) in [4.78, 5) is 3.62. The van der Waals surface area contributed by atoms with Gasteiger partial charge in [-0.1, -0.05) is 35.4 Å². The molecule has 2 heterocycles. The zero-order chi connectivity index (χ0) is 16.9. The van der Waals surface area contributed by atoms with Gasteiger partial charge in [-0.05, 0) is 50.2 Å². The Morgan fingerprint density at radius 1 is 1.29 bits per heavy atom. The van der Waals surface area contributed by atoms with Crippen molar-refractivity contribution >= 4 is 11.3 Å². The van der Waals surface area contributed by atoms with Crippen molar-refractivity contribution in [3.63, 3.8) is 0 Å². The molecule has 1 aromatic heterocycles. The minimum absolute atomic E-state index is 0.397. The first-order valence-corrected chi connectivity index (χ1v) is 9.60. The fraction of sp³-hybridized carbons (Fsp3) is 0.500. The van der Waals surface area contributed by atoms with Gasteiger partial charge in [0.05, 0.1) is 19.3 Å². The van der Waals surface area contributed by atoms with E-state index in [2.05, 4.69) is 43.0 Å². The maximum absolute atomic E-state index is 10.3. The van der Waals surface area contributed by atoms with Gasteiger partial charge in [0.2, 0.25) is 0 Å². The Labute approximate surface area is 148 Å². The molecule has 2 aromatic rings. The van der Waals surface area contributed by atoms with E-state index in [1.54, 1.807) is 11.3 Å². The lowest BCUT2D eigenvalue weighted by molar-refractivity contribution is 0.00847. The Morgan fingerprint density at radius 2 is 2.08 bits per heavy atom. The lowest BCUT2D eigenvalue weighted by Crippen LogP contribution is -2.34. The first-order chi connectivity index (χ1) is 11.6. The number of rotatable bonds is 7. The van der Waals surface area contributed by atoms with Crippen molar-refractivity contribution in [1.29, 1.82) is 0 Å². The van der Waals surface area contributed by atoms with Gasteiger partial charge in [-0.25, -0.2) is 0 Å². The van der Waals surface area contributed by atoms with Crippen LogP contribution in [0.25, 0.3) is 0 Å². The number of hydrogen-bond donors (Lipinski definition) is 1. The molecule has 0 aliphatic carbocycles. The molecule has 1 N–H and O–H groups in total. The van der Waals surface area contributed by atoms with Crippen molar-refractivity contribution in [3.05, 3.63) is 57.3 Å². The Bertz CT molecular complexity index is 621. The summed E-state index contributed by atoms with van der Waals surface area (Å²) in [7, 11) is 0. The van der Waals surface area contributed by atoms with Crippen molar-refractivity contribution in [2.45, 2.75) is 45.4 Å². The molecule has 1 saturated heterocycles. The normalized spacial score (nSPS) is 19.7. The molecule has 130 valence electrons. The fourth-order valence-corrected chi connectivity index (χ4v) is 4.28. The molecule has 1 aliphatic heterocycles. The van der Waals surface area contributed by atoms with Crippen LogP contribution in [0.15, 0.2) is 35.7 Å². The Morgan fingerprint density at radius 3 is 2.79 bits per heavy atom. The van der Waals surface area contributed by atoms with Crippen LogP contribution in [0, 0.1) is 13.8 Å². The summed E-state index contributed by atoms with van der Waals surface area (Å²) < 4.78 is 5.66. The van der Waals surface area contributed by atoms with Gasteiger partial charge in [0, 0.05) is 17.5 Å². The topological polar surface area (TPSA) is 32.7 Å². The minimum atomic E-state index is -0.434. The van der Waals surface area contributed by atoms with Crippen LogP contribution in [0.2, 0.25) is 0 Å². The molecule has 0 amide bonds. The molecular formula is C20H27NO2S. The van der Waals surface area contributed by atoms with Crippen molar-refractivity contribution in [2.24, 2.45) is 0 Å². The van der Waals surface area contributed by atoms with Gasteiger partial charge in [-0.15, -0.1) is 11.3 Å². The SMILES string of the molecule is Cc1cc(C)cc(C2CCCN2CC(O)COCc2cccs2)c1. The number of β-amino-alcohol motifs (C(OH)–C–C–N with tert-alkyl or cyclic N) is 1. The number of thiophene rings is 1. The number of hydrogen-bond acceptors (Lipinski definition) is 4. The van der Waals surface area contributed by atoms with Gasteiger partial charge in [0.15, 0.2) is 0 Å². The van der Waals surface area contributed by atoms with Crippen molar-refractivity contribution in [2.75, 3.05) is 19.7 Å². The quantitative estimate of drug-likeness (QED) is 0.821. The summed E-state index contributed by atoms with van der Waals surface area (Å²) >= 11 is 1.69. The van der Waals surface area contributed by atoms with Crippen molar-refractivity contribution < 1.29 is 9.84 Å². The Hall–Kier alpha value is -1.20. The Balaban J connectivity index is 1.53. The minimum Gasteiger partial charge on any atom is -0.389 e. The second-order valence-electron chi connectivity index (χ2n) is 6.82. The van der Waals surface area contributed by atoms with E-state index in [9.17, 15) is 5.11 Å². The zero-order valence-corrected chi connectivity index (χ0v) is 15.4. The number of ether oxygens (including phenoxy) is 1. The third-order valence-corrected chi connectivity index (χ3v) is 5.42. The summed E-state index contributed by atoms with van der Waals surface area (Å²) in [6, 6.07) is 11.3. The predicted molar refractivity (Wildman–Crippen MR) is 99.4 cm³/mol. The van der Waals surface area contributed by atoms with Crippen LogP contribution in [-0.2, 0) is 11.3 Å². The van der Waals surface area contributed by atoms with E-state index in [1.165, 1.54) is 34.4 Å². The highest BCUT2D eigenvalue weighted by molar-refractivity contribution is 7.09. The van der Waals surface area contributed by atoms with E-state index < -0.39 is 6.10 Å². The third kappa shape index (κ3) is 4.67. The largest absolute Gasteiger partial charge is 0.389 e. The second kappa shape index (κ2) is 8.26. The molecule has 4 heteroatoms. The third-order valence-electron chi connectivity index (χ3n) is 4.57. The number of aryl methyl sites for hydroxylation is 2. The highest BCUT2D eigenvalue weighted by Crippen LogP contribution is 2.32. The number of aliphatic hydroxyl groups is 1. The predicted octanol–water partition coefficient (Wildman–Crippen LogP) is 4.08. The number of nitrogens with zero attached hydrogens (tertiary/aromatic N) is 1. The molecule has 2 unspecified atom stereocenters. The maximum atomic E-state index is 10.3. The average molecular weight is 346 g/mol. The van der Waals surface area contributed by atoms with Gasteiger partial charge < -0.3 is 9.84 Å². The second-order valence-corrected chi connectivity index (χ2v) is 7.85. The number of aliphatic hydroxyl groups excluding tert-OH is 1. The molecule has 0 bridgehead atoms. The summed E-state index contributed by atoms with van der Waals surface area (Å²) in [5, 5.41) is 12.4. The number of likely N-dealkylation sites (tertiary alicyclic amines) is 1. The van der Waals surface area contributed by atoms with E-state index in [1.807, 2.05) is 11.4 Å². The van der Waals surface area contributed by atoms with Gasteiger partial charge in [0.1, 0.15) is 0 Å². The molecule has 1 aromatic carbocycles. The standard InChI is InChI=1S/C20H27NO2S/c1-15-9-16(2)11-17(10-15)20-6-3-7-21(20)12-18(22)13-23-14-19-5-4-8-24-19/h4-5,8-11,18,20,22H,3,6-7,12-14H2,1-2H3. The van der Waals surface area contributed by atoms with Crippen LogP contribution in [0.5, 0.6) is 0 Å². The summed E-state index contributed by atoms with van der Waals surface area (Å²) in [6.07, 6.45) is 1.93. The monoisotopic (exact) mass is 345 g/mol. The highest BCUT2D eigenvalue weighted by atomic mass is 32.1. The first-order valence-electron chi connectivity index (χ1n) is 8.72. The van der Waals surface area contributed by atoms with Gasteiger partial charge in [-0.3, -0.25) is 4.90 Å². The van der Waals surface area contributed by atoms with Crippen LogP contribution in [0.4, 0.5) is 0 Å².